The monoisotopic (exact) mass is 455 g/mol. The van der Waals surface area contributed by atoms with E-state index in [4.69, 9.17) is 4.74 Å². The van der Waals surface area contributed by atoms with Gasteiger partial charge in [0.2, 0.25) is 0 Å². The number of anilines is 1. The third-order valence-electron chi connectivity index (χ3n) is 2.09. The molecule has 7 heteroatoms. The first kappa shape index (κ1) is 17.2. The van der Waals surface area contributed by atoms with E-state index in [1.807, 2.05) is 22.6 Å². The molecule has 1 rings (SSSR count). The number of methoxy groups -OCH3 is 1. The zero-order chi connectivity index (χ0) is 15.5. The predicted molar refractivity (Wildman–Crippen MR) is 88.1 cm³/mol. The maximum atomic E-state index is 11.8. The fourth-order valence-corrected chi connectivity index (χ4v) is 3.02. The van der Waals surface area contributed by atoms with E-state index in [1.165, 1.54) is 7.11 Å². The van der Waals surface area contributed by atoms with E-state index in [9.17, 15) is 9.59 Å². The van der Waals surface area contributed by atoms with Gasteiger partial charge in [-0.2, -0.15) is 0 Å². The first-order chi connectivity index (χ1) is 9.14. The number of hydrogen-bond acceptors (Lipinski definition) is 4. The molecular formula is C13H15BrINO4. The Morgan fingerprint density at radius 3 is 2.35 bits per heavy atom. The Balaban J connectivity index is 2.98. The third-order valence-corrected chi connectivity index (χ3v) is 3.57. The SMILES string of the molecule is COC(=O)c1cc(Br)c(NC(=O)OC(C)(C)C)c(I)c1. The summed E-state index contributed by atoms with van der Waals surface area (Å²) in [5, 5.41) is 2.65. The zero-order valence-corrected chi connectivity index (χ0v) is 15.3. The molecule has 0 unspecified atom stereocenters. The van der Waals surface area contributed by atoms with Crippen LogP contribution in [0.3, 0.4) is 0 Å². The molecule has 110 valence electrons. The molecule has 0 aliphatic rings. The van der Waals surface area contributed by atoms with Crippen molar-refractivity contribution in [1.82, 2.24) is 0 Å². The summed E-state index contributed by atoms with van der Waals surface area (Å²) in [4.78, 5) is 23.2. The normalized spacial score (nSPS) is 10.9. The minimum Gasteiger partial charge on any atom is -0.465 e. The van der Waals surface area contributed by atoms with Crippen LogP contribution in [0.15, 0.2) is 16.6 Å². The third kappa shape index (κ3) is 4.93. The minimum absolute atomic E-state index is 0.401. The molecule has 0 aliphatic carbocycles. The summed E-state index contributed by atoms with van der Waals surface area (Å²) in [5.41, 5.74) is 0.375. The van der Waals surface area contributed by atoms with Gasteiger partial charge in [0.15, 0.2) is 0 Å². The second-order valence-corrected chi connectivity index (χ2v) is 6.95. The van der Waals surface area contributed by atoms with Crippen molar-refractivity contribution < 1.29 is 19.1 Å². The molecule has 1 N–H and O–H groups in total. The van der Waals surface area contributed by atoms with E-state index in [-0.39, 0.29) is 0 Å². The van der Waals surface area contributed by atoms with Crippen LogP contribution in [0.5, 0.6) is 0 Å². The lowest BCUT2D eigenvalue weighted by molar-refractivity contribution is 0.0599. The molecule has 0 saturated carbocycles. The Morgan fingerprint density at radius 1 is 1.30 bits per heavy atom. The van der Waals surface area contributed by atoms with Crippen LogP contribution in [0.4, 0.5) is 10.5 Å². The van der Waals surface area contributed by atoms with Crippen LogP contribution in [0.2, 0.25) is 0 Å². The van der Waals surface area contributed by atoms with Crippen molar-refractivity contribution in [2.75, 3.05) is 12.4 Å². The quantitative estimate of drug-likeness (QED) is 0.536. The van der Waals surface area contributed by atoms with E-state index in [2.05, 4.69) is 26.0 Å². The van der Waals surface area contributed by atoms with E-state index in [1.54, 1.807) is 32.9 Å². The van der Waals surface area contributed by atoms with Gasteiger partial charge in [-0.25, -0.2) is 9.59 Å². The average Bonchev–Trinajstić information content (AvgIpc) is 2.30. The topological polar surface area (TPSA) is 64.6 Å². The number of halogens is 2. The lowest BCUT2D eigenvalue weighted by atomic mass is 10.2. The molecule has 0 saturated heterocycles. The fraction of sp³-hybridized carbons (Fsp3) is 0.385. The number of ether oxygens (including phenoxy) is 2. The van der Waals surface area contributed by atoms with E-state index >= 15 is 0 Å². The molecule has 1 aromatic carbocycles. The van der Waals surface area contributed by atoms with Crippen molar-refractivity contribution in [3.05, 3.63) is 25.7 Å². The van der Waals surface area contributed by atoms with E-state index in [0.29, 0.717) is 19.3 Å². The second-order valence-electron chi connectivity index (χ2n) is 4.93. The van der Waals surface area contributed by atoms with Crippen molar-refractivity contribution in [3.8, 4) is 0 Å². The van der Waals surface area contributed by atoms with Gasteiger partial charge in [-0.1, -0.05) is 0 Å². The number of benzene rings is 1. The van der Waals surface area contributed by atoms with E-state index < -0.39 is 17.7 Å². The molecule has 1 aromatic rings. The maximum Gasteiger partial charge on any atom is 0.412 e. The average molecular weight is 456 g/mol. The molecule has 0 aromatic heterocycles. The van der Waals surface area contributed by atoms with Crippen molar-refractivity contribution in [2.24, 2.45) is 0 Å². The Kier molecular flexibility index (Phi) is 5.81. The Labute approximate surface area is 139 Å². The molecule has 0 heterocycles. The fourth-order valence-electron chi connectivity index (χ4n) is 1.33. The standard InChI is InChI=1S/C13H15BrINO4/c1-13(2,3)20-12(18)16-10-8(14)5-7(6-9(10)15)11(17)19-4/h5-6H,1-4H3,(H,16,18). The number of hydrogen-bond donors (Lipinski definition) is 1. The molecule has 20 heavy (non-hydrogen) atoms. The number of nitrogens with one attached hydrogen (secondary N) is 1. The van der Waals surface area contributed by atoms with Crippen LogP contribution in [0, 0.1) is 3.57 Å². The highest BCUT2D eigenvalue weighted by atomic mass is 127. The van der Waals surface area contributed by atoms with Gasteiger partial charge in [-0.15, -0.1) is 0 Å². The molecule has 0 aliphatic heterocycles. The van der Waals surface area contributed by atoms with Gasteiger partial charge in [-0.3, -0.25) is 5.32 Å². The van der Waals surface area contributed by atoms with Crippen molar-refractivity contribution in [2.45, 2.75) is 26.4 Å². The maximum absolute atomic E-state index is 11.8. The highest BCUT2D eigenvalue weighted by Crippen LogP contribution is 2.30. The summed E-state index contributed by atoms with van der Waals surface area (Å²) < 4.78 is 11.1. The van der Waals surface area contributed by atoms with Gasteiger partial charge in [0.25, 0.3) is 0 Å². The molecule has 5 nitrogen and oxygen atoms in total. The summed E-state index contributed by atoms with van der Waals surface area (Å²) in [6.45, 7) is 5.35. The smallest absolute Gasteiger partial charge is 0.412 e. The molecule has 0 spiro atoms. The van der Waals surface area contributed by atoms with Crippen molar-refractivity contribution in [3.63, 3.8) is 0 Å². The summed E-state index contributed by atoms with van der Waals surface area (Å²) in [5.74, 6) is -0.438. The summed E-state index contributed by atoms with van der Waals surface area (Å²) in [6.07, 6.45) is -0.554. The number of amides is 1. The number of carbonyl (C=O) groups is 2. The van der Waals surface area contributed by atoms with Gasteiger partial charge in [-0.05, 0) is 71.4 Å². The van der Waals surface area contributed by atoms with Crippen LogP contribution < -0.4 is 5.32 Å². The lowest BCUT2D eigenvalue weighted by Crippen LogP contribution is -2.27. The van der Waals surface area contributed by atoms with Gasteiger partial charge >= 0.3 is 12.1 Å². The molecule has 0 fully saturated rings. The minimum atomic E-state index is -0.575. The Morgan fingerprint density at radius 2 is 1.90 bits per heavy atom. The van der Waals surface area contributed by atoms with Crippen LogP contribution in [-0.2, 0) is 9.47 Å². The highest BCUT2D eigenvalue weighted by Gasteiger charge is 2.19. The number of carbonyl (C=O) groups excluding carboxylic acids is 2. The number of esters is 1. The molecule has 0 radical (unpaired) electrons. The number of rotatable bonds is 2. The molecule has 0 bridgehead atoms. The van der Waals surface area contributed by atoms with Crippen LogP contribution >= 0.6 is 38.5 Å². The largest absolute Gasteiger partial charge is 0.465 e. The zero-order valence-electron chi connectivity index (χ0n) is 11.5. The van der Waals surface area contributed by atoms with Crippen LogP contribution in [0.1, 0.15) is 31.1 Å². The van der Waals surface area contributed by atoms with Gasteiger partial charge < -0.3 is 9.47 Å². The van der Waals surface area contributed by atoms with Crippen molar-refractivity contribution in [1.29, 1.82) is 0 Å². The van der Waals surface area contributed by atoms with Crippen LogP contribution in [0.25, 0.3) is 0 Å². The van der Waals surface area contributed by atoms with Crippen LogP contribution in [-0.4, -0.2) is 24.8 Å². The van der Waals surface area contributed by atoms with Gasteiger partial charge in [0.1, 0.15) is 5.60 Å². The molecule has 1 amide bonds. The van der Waals surface area contributed by atoms with Gasteiger partial charge in [0.05, 0.1) is 18.4 Å². The lowest BCUT2D eigenvalue weighted by Gasteiger charge is -2.20. The van der Waals surface area contributed by atoms with E-state index in [0.717, 1.165) is 0 Å². The second kappa shape index (κ2) is 6.75. The Hall–Kier alpha value is -0.830. The molecule has 0 atom stereocenters. The summed E-state index contributed by atoms with van der Waals surface area (Å²) in [6, 6.07) is 3.21. The predicted octanol–water partition coefficient (Wildman–Crippen LogP) is 4.19. The highest BCUT2D eigenvalue weighted by molar-refractivity contribution is 14.1. The molecular weight excluding hydrogens is 441 g/mol. The first-order valence-corrected chi connectivity index (χ1v) is 7.58. The summed E-state index contributed by atoms with van der Waals surface area (Å²) in [7, 11) is 1.32. The first-order valence-electron chi connectivity index (χ1n) is 5.71. The van der Waals surface area contributed by atoms with Crippen molar-refractivity contribution >= 4 is 56.3 Å². The summed E-state index contributed by atoms with van der Waals surface area (Å²) >= 11 is 5.34. The Bertz CT molecular complexity index is 517. The van der Waals surface area contributed by atoms with Gasteiger partial charge in [0, 0.05) is 8.04 Å².